The predicted octanol–water partition coefficient (Wildman–Crippen LogP) is 3.08. The molecule has 126 valence electrons. The lowest BCUT2D eigenvalue weighted by atomic mass is 9.95. The maximum absolute atomic E-state index is 12.2. The summed E-state index contributed by atoms with van der Waals surface area (Å²) in [7, 11) is 0. The number of amides is 1. The van der Waals surface area contributed by atoms with Crippen LogP contribution in [0, 0.1) is 0 Å². The van der Waals surface area contributed by atoms with Gasteiger partial charge in [0.05, 0.1) is 6.61 Å². The number of hydrogen-bond acceptors (Lipinski definition) is 4. The fourth-order valence-electron chi connectivity index (χ4n) is 2.71. The van der Waals surface area contributed by atoms with E-state index in [9.17, 15) is 9.59 Å². The average Bonchev–Trinajstić information content (AvgIpc) is 2.56. The van der Waals surface area contributed by atoms with Crippen LogP contribution < -0.4 is 10.1 Å². The van der Waals surface area contributed by atoms with Crippen LogP contribution in [0.1, 0.15) is 56.3 Å². The highest BCUT2D eigenvalue weighted by Crippen LogP contribution is 2.19. The van der Waals surface area contributed by atoms with Crippen molar-refractivity contribution in [1.82, 2.24) is 5.32 Å². The monoisotopic (exact) mass is 319 g/mol. The first-order valence-electron chi connectivity index (χ1n) is 8.34. The quantitative estimate of drug-likeness (QED) is 0.818. The molecular formula is C18H25NO4. The van der Waals surface area contributed by atoms with Gasteiger partial charge >= 0.3 is 5.97 Å². The van der Waals surface area contributed by atoms with Gasteiger partial charge in [-0.15, -0.1) is 0 Å². The molecule has 1 unspecified atom stereocenters. The van der Waals surface area contributed by atoms with Crippen LogP contribution in [0.15, 0.2) is 24.3 Å². The molecule has 1 N–H and O–H groups in total. The van der Waals surface area contributed by atoms with Gasteiger partial charge in [-0.05, 0) is 51.0 Å². The number of hydrogen-bond donors (Lipinski definition) is 1. The normalized spacial score (nSPS) is 16.4. The zero-order chi connectivity index (χ0) is 16.7. The van der Waals surface area contributed by atoms with Crippen molar-refractivity contribution in [2.24, 2.45) is 0 Å². The Morgan fingerprint density at radius 3 is 2.43 bits per heavy atom. The molecule has 0 saturated heterocycles. The molecule has 1 saturated carbocycles. The number of ether oxygens (including phenoxy) is 2. The summed E-state index contributed by atoms with van der Waals surface area (Å²) in [4.78, 5) is 23.7. The molecule has 2 rings (SSSR count). The van der Waals surface area contributed by atoms with Crippen LogP contribution >= 0.6 is 0 Å². The fraction of sp³-hybridized carbons (Fsp3) is 0.556. The molecule has 5 nitrogen and oxygen atoms in total. The molecule has 1 aromatic rings. The van der Waals surface area contributed by atoms with Gasteiger partial charge in [0.15, 0.2) is 6.10 Å². The molecule has 1 aromatic carbocycles. The Labute approximate surface area is 137 Å². The van der Waals surface area contributed by atoms with Crippen molar-refractivity contribution >= 4 is 11.9 Å². The fourth-order valence-corrected chi connectivity index (χ4v) is 2.71. The zero-order valence-corrected chi connectivity index (χ0v) is 13.8. The van der Waals surface area contributed by atoms with Crippen molar-refractivity contribution in [1.29, 1.82) is 0 Å². The van der Waals surface area contributed by atoms with Crippen LogP contribution in [-0.4, -0.2) is 30.6 Å². The van der Waals surface area contributed by atoms with Crippen LogP contribution in [0.2, 0.25) is 0 Å². The lowest BCUT2D eigenvalue weighted by molar-refractivity contribution is -0.150. The number of rotatable bonds is 6. The summed E-state index contributed by atoms with van der Waals surface area (Å²) in [5, 5.41) is 3.08. The summed E-state index contributed by atoms with van der Waals surface area (Å²) < 4.78 is 10.4. The van der Waals surface area contributed by atoms with Crippen molar-refractivity contribution in [2.75, 3.05) is 6.61 Å². The van der Waals surface area contributed by atoms with E-state index in [4.69, 9.17) is 9.47 Å². The van der Waals surface area contributed by atoms with E-state index in [1.54, 1.807) is 38.1 Å². The van der Waals surface area contributed by atoms with Crippen molar-refractivity contribution in [3.05, 3.63) is 29.8 Å². The molecule has 0 bridgehead atoms. The first-order valence-corrected chi connectivity index (χ1v) is 8.34. The minimum atomic E-state index is -0.670. The molecule has 1 aliphatic rings. The third kappa shape index (κ3) is 5.27. The van der Waals surface area contributed by atoms with Crippen molar-refractivity contribution in [3.8, 4) is 5.75 Å². The lowest BCUT2D eigenvalue weighted by Crippen LogP contribution is -2.36. The Morgan fingerprint density at radius 1 is 1.17 bits per heavy atom. The summed E-state index contributed by atoms with van der Waals surface area (Å²) in [6.45, 7) is 3.72. The van der Waals surface area contributed by atoms with E-state index in [1.165, 1.54) is 19.3 Å². The second-order valence-corrected chi connectivity index (χ2v) is 5.84. The summed E-state index contributed by atoms with van der Waals surface area (Å²) in [6.07, 6.45) is 5.08. The van der Waals surface area contributed by atoms with E-state index in [1.807, 2.05) is 0 Å². The van der Waals surface area contributed by atoms with Gasteiger partial charge in [0.2, 0.25) is 0 Å². The number of benzene rings is 1. The van der Waals surface area contributed by atoms with Crippen LogP contribution in [0.4, 0.5) is 0 Å². The van der Waals surface area contributed by atoms with Crippen LogP contribution in [0.5, 0.6) is 5.75 Å². The average molecular weight is 319 g/mol. The smallest absolute Gasteiger partial charge is 0.347 e. The predicted molar refractivity (Wildman–Crippen MR) is 87.5 cm³/mol. The van der Waals surface area contributed by atoms with Crippen LogP contribution in [-0.2, 0) is 9.53 Å². The van der Waals surface area contributed by atoms with Crippen LogP contribution in [0.3, 0.4) is 0 Å². The van der Waals surface area contributed by atoms with Gasteiger partial charge in [-0.2, -0.15) is 0 Å². The molecule has 0 aromatic heterocycles. The topological polar surface area (TPSA) is 64.6 Å². The Hall–Kier alpha value is -2.04. The third-order valence-corrected chi connectivity index (χ3v) is 3.99. The Kier molecular flexibility index (Phi) is 6.44. The Bertz CT molecular complexity index is 520. The number of carbonyl (C=O) groups is 2. The summed E-state index contributed by atoms with van der Waals surface area (Å²) in [5.74, 6) is 0.0910. The van der Waals surface area contributed by atoms with E-state index in [0.717, 1.165) is 12.8 Å². The first-order chi connectivity index (χ1) is 11.1. The Morgan fingerprint density at radius 2 is 1.83 bits per heavy atom. The summed E-state index contributed by atoms with van der Waals surface area (Å²) in [6, 6.07) is 7.12. The van der Waals surface area contributed by atoms with E-state index in [0.29, 0.717) is 17.9 Å². The van der Waals surface area contributed by atoms with Crippen molar-refractivity contribution < 1.29 is 19.1 Å². The highest BCUT2D eigenvalue weighted by molar-refractivity contribution is 5.94. The second-order valence-electron chi connectivity index (χ2n) is 5.84. The molecule has 0 aliphatic heterocycles. The van der Waals surface area contributed by atoms with Gasteiger partial charge in [0.25, 0.3) is 5.91 Å². The SMILES string of the molecule is CCOC(=O)C(C)Oc1ccc(C(=O)NC2CCCCC2)cc1. The molecule has 1 atom stereocenters. The minimum absolute atomic E-state index is 0.0538. The first kappa shape index (κ1) is 17.3. The minimum Gasteiger partial charge on any atom is -0.479 e. The molecule has 0 radical (unpaired) electrons. The highest BCUT2D eigenvalue weighted by atomic mass is 16.6. The highest BCUT2D eigenvalue weighted by Gasteiger charge is 2.18. The Balaban J connectivity index is 1.88. The number of carbonyl (C=O) groups excluding carboxylic acids is 2. The van der Waals surface area contributed by atoms with Crippen LogP contribution in [0.25, 0.3) is 0 Å². The third-order valence-electron chi connectivity index (χ3n) is 3.99. The molecule has 0 spiro atoms. The van der Waals surface area contributed by atoms with E-state index in [-0.39, 0.29) is 11.9 Å². The van der Waals surface area contributed by atoms with Gasteiger partial charge in [-0.25, -0.2) is 4.79 Å². The molecule has 23 heavy (non-hydrogen) atoms. The molecule has 1 aliphatic carbocycles. The maximum atomic E-state index is 12.2. The number of esters is 1. The maximum Gasteiger partial charge on any atom is 0.347 e. The summed E-state index contributed by atoms with van der Waals surface area (Å²) >= 11 is 0. The molecule has 0 heterocycles. The lowest BCUT2D eigenvalue weighted by Gasteiger charge is -2.22. The van der Waals surface area contributed by atoms with E-state index in [2.05, 4.69) is 5.32 Å². The van der Waals surface area contributed by atoms with Crippen molar-refractivity contribution in [2.45, 2.75) is 58.1 Å². The molecular weight excluding hydrogens is 294 g/mol. The van der Waals surface area contributed by atoms with E-state index < -0.39 is 12.1 Å². The largest absolute Gasteiger partial charge is 0.479 e. The van der Waals surface area contributed by atoms with Crippen molar-refractivity contribution in [3.63, 3.8) is 0 Å². The van der Waals surface area contributed by atoms with Gasteiger partial charge in [0.1, 0.15) is 5.75 Å². The van der Waals surface area contributed by atoms with E-state index >= 15 is 0 Å². The second kappa shape index (κ2) is 8.56. The summed E-state index contributed by atoms with van der Waals surface area (Å²) in [5.41, 5.74) is 0.603. The van der Waals surface area contributed by atoms with Gasteiger partial charge in [-0.1, -0.05) is 19.3 Å². The molecule has 1 fully saturated rings. The standard InChI is InChI=1S/C18H25NO4/c1-3-22-18(21)13(2)23-16-11-9-14(10-12-16)17(20)19-15-7-5-4-6-8-15/h9-13,15H,3-8H2,1-2H3,(H,19,20). The molecule has 1 amide bonds. The zero-order valence-electron chi connectivity index (χ0n) is 13.8. The number of nitrogens with one attached hydrogen (secondary N) is 1. The van der Waals surface area contributed by atoms with Gasteiger partial charge in [0, 0.05) is 11.6 Å². The van der Waals surface area contributed by atoms with Gasteiger partial charge < -0.3 is 14.8 Å². The molecule has 5 heteroatoms. The van der Waals surface area contributed by atoms with Gasteiger partial charge in [-0.3, -0.25) is 4.79 Å².